The minimum absolute atomic E-state index is 0.330. The van der Waals surface area contributed by atoms with Crippen molar-refractivity contribution in [3.05, 3.63) is 42.0 Å². The van der Waals surface area contributed by atoms with E-state index in [1.54, 1.807) is 0 Å². The molecule has 1 saturated heterocycles. The lowest BCUT2D eigenvalue weighted by molar-refractivity contribution is 0.263. The van der Waals surface area contributed by atoms with Crippen LogP contribution in [0.2, 0.25) is 0 Å². The second-order valence-electron chi connectivity index (χ2n) is 8.57. The van der Waals surface area contributed by atoms with Gasteiger partial charge in [-0.05, 0) is 49.8 Å². The molecule has 2 heteroatoms. The number of aryl methyl sites for hydroxylation is 1. The van der Waals surface area contributed by atoms with Gasteiger partial charge < -0.3 is 9.47 Å². The summed E-state index contributed by atoms with van der Waals surface area (Å²) in [5.41, 5.74) is 1.40. The summed E-state index contributed by atoms with van der Waals surface area (Å²) < 4.78 is 11.0. The van der Waals surface area contributed by atoms with Gasteiger partial charge in [0.25, 0.3) is 0 Å². The lowest BCUT2D eigenvalue weighted by atomic mass is 10.0. The van der Waals surface area contributed by atoms with Crippen molar-refractivity contribution < 1.29 is 9.47 Å². The van der Waals surface area contributed by atoms with Crippen molar-refractivity contribution in [1.82, 2.24) is 0 Å². The Balaban J connectivity index is 1.33. The Labute approximate surface area is 180 Å². The molecule has 0 aromatic heterocycles. The molecule has 29 heavy (non-hydrogen) atoms. The number of rotatable bonds is 19. The molecule has 1 heterocycles. The summed E-state index contributed by atoms with van der Waals surface area (Å²) in [6.07, 6.45) is 25.4. The van der Waals surface area contributed by atoms with Crippen LogP contribution in [0.3, 0.4) is 0 Å². The van der Waals surface area contributed by atoms with Crippen LogP contribution in [-0.4, -0.2) is 19.3 Å². The van der Waals surface area contributed by atoms with Crippen LogP contribution in [-0.2, 0) is 11.2 Å². The summed E-state index contributed by atoms with van der Waals surface area (Å²) in [5, 5.41) is 0. The van der Waals surface area contributed by atoms with Crippen LogP contribution in [0.1, 0.15) is 102 Å². The predicted octanol–water partition coefficient (Wildman–Crippen LogP) is 8.04. The van der Waals surface area contributed by atoms with Crippen molar-refractivity contribution in [3.63, 3.8) is 0 Å². The summed E-state index contributed by atoms with van der Waals surface area (Å²) in [6, 6.07) is 8.59. The summed E-state index contributed by atoms with van der Waals surface area (Å²) in [5.74, 6) is 0.992. The second kappa shape index (κ2) is 16.5. The smallest absolute Gasteiger partial charge is 0.119 e. The lowest BCUT2D eigenvalue weighted by Gasteiger charge is -2.07. The Kier molecular flexibility index (Phi) is 13.7. The van der Waals surface area contributed by atoms with E-state index in [0.29, 0.717) is 12.7 Å². The van der Waals surface area contributed by atoms with Crippen molar-refractivity contribution >= 4 is 0 Å². The quantitative estimate of drug-likeness (QED) is 0.133. The third-order valence-electron chi connectivity index (χ3n) is 5.73. The molecule has 0 aliphatic carbocycles. The molecule has 0 saturated carbocycles. The molecule has 2 rings (SSSR count). The van der Waals surface area contributed by atoms with Crippen molar-refractivity contribution in [3.8, 4) is 5.75 Å². The van der Waals surface area contributed by atoms with Gasteiger partial charge in [-0.1, -0.05) is 95.4 Å². The van der Waals surface area contributed by atoms with Crippen LogP contribution in [0, 0.1) is 0 Å². The minimum atomic E-state index is 0.330. The van der Waals surface area contributed by atoms with Gasteiger partial charge in [-0.2, -0.15) is 0 Å². The summed E-state index contributed by atoms with van der Waals surface area (Å²) >= 11 is 0. The monoisotopic (exact) mass is 400 g/mol. The van der Waals surface area contributed by atoms with Crippen LogP contribution in [0.5, 0.6) is 5.75 Å². The van der Waals surface area contributed by atoms with Crippen molar-refractivity contribution in [1.29, 1.82) is 0 Å². The van der Waals surface area contributed by atoms with Crippen molar-refractivity contribution in [2.24, 2.45) is 0 Å². The zero-order valence-electron chi connectivity index (χ0n) is 18.9. The Morgan fingerprint density at radius 2 is 1.48 bits per heavy atom. The van der Waals surface area contributed by atoms with E-state index in [1.807, 2.05) is 0 Å². The van der Waals surface area contributed by atoms with Crippen molar-refractivity contribution in [2.45, 2.75) is 109 Å². The molecular formula is C27H44O2. The molecule has 0 radical (unpaired) electrons. The highest BCUT2D eigenvalue weighted by molar-refractivity contribution is 5.28. The van der Waals surface area contributed by atoms with Crippen LogP contribution >= 0.6 is 0 Å². The van der Waals surface area contributed by atoms with Gasteiger partial charge in [0.05, 0.1) is 6.61 Å². The number of epoxide rings is 1. The molecule has 0 amide bonds. The first-order valence-electron chi connectivity index (χ1n) is 12.4. The van der Waals surface area contributed by atoms with E-state index in [0.717, 1.165) is 12.4 Å². The van der Waals surface area contributed by atoms with Crippen LogP contribution < -0.4 is 4.74 Å². The van der Waals surface area contributed by atoms with Crippen LogP contribution in [0.15, 0.2) is 36.4 Å². The second-order valence-corrected chi connectivity index (χ2v) is 8.57. The zero-order chi connectivity index (χ0) is 20.4. The van der Waals surface area contributed by atoms with E-state index in [9.17, 15) is 0 Å². The fourth-order valence-corrected chi connectivity index (χ4v) is 3.79. The largest absolute Gasteiger partial charge is 0.491 e. The number of unbranched alkanes of at least 4 members (excludes halogenated alkanes) is 12. The van der Waals surface area contributed by atoms with Crippen molar-refractivity contribution in [2.75, 3.05) is 13.2 Å². The summed E-state index contributed by atoms with van der Waals surface area (Å²) in [6.45, 7) is 3.76. The SMILES string of the molecule is CC/C=C/CCCCCCCCCCCCCCc1cccc(OCC2CO2)c1. The van der Waals surface area contributed by atoms with Gasteiger partial charge in [0.1, 0.15) is 18.5 Å². The van der Waals surface area contributed by atoms with E-state index < -0.39 is 0 Å². The lowest BCUT2D eigenvalue weighted by Crippen LogP contribution is -2.04. The molecule has 1 unspecified atom stereocenters. The molecule has 1 aliphatic rings. The Bertz CT molecular complexity index is 533. The highest BCUT2D eigenvalue weighted by atomic mass is 16.6. The molecular weight excluding hydrogens is 356 g/mol. The number of allylic oxidation sites excluding steroid dienone is 2. The maximum absolute atomic E-state index is 5.78. The average Bonchev–Trinajstić information content (AvgIpc) is 3.57. The Morgan fingerprint density at radius 1 is 0.862 bits per heavy atom. The molecule has 2 nitrogen and oxygen atoms in total. The molecule has 164 valence electrons. The first-order chi connectivity index (χ1) is 14.4. The maximum Gasteiger partial charge on any atom is 0.119 e. The molecule has 0 N–H and O–H groups in total. The Morgan fingerprint density at radius 3 is 2.10 bits per heavy atom. The molecule has 1 atom stereocenters. The van der Waals surface area contributed by atoms with E-state index >= 15 is 0 Å². The number of ether oxygens (including phenoxy) is 2. The highest BCUT2D eigenvalue weighted by Crippen LogP contribution is 2.19. The van der Waals surface area contributed by atoms with E-state index in [1.165, 1.54) is 102 Å². The molecule has 1 aromatic carbocycles. The van der Waals surface area contributed by atoms with Crippen LogP contribution in [0.4, 0.5) is 0 Å². The molecule has 1 fully saturated rings. The minimum Gasteiger partial charge on any atom is -0.491 e. The highest BCUT2D eigenvalue weighted by Gasteiger charge is 2.22. The van der Waals surface area contributed by atoms with E-state index in [-0.39, 0.29) is 0 Å². The fraction of sp³-hybridized carbons (Fsp3) is 0.704. The van der Waals surface area contributed by atoms with Gasteiger partial charge in [0, 0.05) is 0 Å². The van der Waals surface area contributed by atoms with Gasteiger partial charge in [-0.25, -0.2) is 0 Å². The summed E-state index contributed by atoms with van der Waals surface area (Å²) in [7, 11) is 0. The van der Waals surface area contributed by atoms with Gasteiger partial charge in [0.15, 0.2) is 0 Å². The fourth-order valence-electron chi connectivity index (χ4n) is 3.79. The normalized spacial score (nSPS) is 15.8. The molecule has 1 aliphatic heterocycles. The van der Waals surface area contributed by atoms with Gasteiger partial charge in [-0.3, -0.25) is 0 Å². The third kappa shape index (κ3) is 13.5. The van der Waals surface area contributed by atoms with E-state index in [4.69, 9.17) is 9.47 Å². The third-order valence-corrected chi connectivity index (χ3v) is 5.73. The predicted molar refractivity (Wildman–Crippen MR) is 125 cm³/mol. The Hall–Kier alpha value is -1.28. The first kappa shape index (κ1) is 24.0. The summed E-state index contributed by atoms with van der Waals surface area (Å²) in [4.78, 5) is 0. The van der Waals surface area contributed by atoms with Gasteiger partial charge in [0.2, 0.25) is 0 Å². The standard InChI is InChI=1S/C27H44O2/c1-2-3-4-5-6-7-8-9-10-11-12-13-14-15-16-17-19-25-20-18-21-26(22-25)28-23-27-24-29-27/h3-4,18,20-22,27H,2,5-17,19,23-24H2,1H3/b4-3+. The molecule has 0 bridgehead atoms. The maximum atomic E-state index is 5.78. The molecule has 1 aromatic rings. The average molecular weight is 401 g/mol. The topological polar surface area (TPSA) is 21.8 Å². The van der Waals surface area contributed by atoms with Crippen LogP contribution in [0.25, 0.3) is 0 Å². The van der Waals surface area contributed by atoms with E-state index in [2.05, 4.69) is 43.3 Å². The molecule has 0 spiro atoms. The van der Waals surface area contributed by atoms with Gasteiger partial charge >= 0.3 is 0 Å². The number of hydrogen-bond acceptors (Lipinski definition) is 2. The number of benzene rings is 1. The van der Waals surface area contributed by atoms with Gasteiger partial charge in [-0.15, -0.1) is 0 Å². The number of hydrogen-bond donors (Lipinski definition) is 0. The zero-order valence-corrected chi connectivity index (χ0v) is 18.9. The first-order valence-corrected chi connectivity index (χ1v) is 12.4.